The highest BCUT2D eigenvalue weighted by atomic mass is 35.5. The van der Waals surface area contributed by atoms with E-state index in [4.69, 9.17) is 16.3 Å². The molecule has 5 nitrogen and oxygen atoms in total. The second-order valence-electron chi connectivity index (χ2n) is 8.01. The number of aromatic nitrogens is 2. The fourth-order valence-corrected chi connectivity index (χ4v) is 2.42. The van der Waals surface area contributed by atoms with Gasteiger partial charge in [-0.25, -0.2) is 4.68 Å². The third kappa shape index (κ3) is 4.98. The average Bonchev–Trinajstić information content (AvgIpc) is 2.90. The number of ether oxygens (including phenoxy) is 1. The van der Waals surface area contributed by atoms with Gasteiger partial charge in [-0.15, -0.1) is 0 Å². The lowest BCUT2D eigenvalue weighted by atomic mass is 9.92. The first-order valence-corrected chi connectivity index (χ1v) is 8.64. The summed E-state index contributed by atoms with van der Waals surface area (Å²) in [6.07, 6.45) is 0. The second kappa shape index (κ2) is 7.08. The molecule has 2 rings (SSSR count). The SMILES string of the molecule is CC(C)(C)c1cc(NC(=O)COc2ccccc2Cl)n(C(C)(C)C)n1. The van der Waals surface area contributed by atoms with Gasteiger partial charge in [0, 0.05) is 11.5 Å². The van der Waals surface area contributed by atoms with Crippen LogP contribution in [0.5, 0.6) is 5.75 Å². The molecule has 0 saturated heterocycles. The Morgan fingerprint density at radius 1 is 1.20 bits per heavy atom. The van der Waals surface area contributed by atoms with E-state index in [1.54, 1.807) is 12.1 Å². The highest BCUT2D eigenvalue weighted by molar-refractivity contribution is 6.32. The number of para-hydroxylation sites is 1. The molecule has 0 saturated carbocycles. The minimum atomic E-state index is -0.259. The zero-order valence-corrected chi connectivity index (χ0v) is 16.4. The summed E-state index contributed by atoms with van der Waals surface area (Å²) >= 11 is 6.04. The third-order valence-corrected chi connectivity index (χ3v) is 3.89. The summed E-state index contributed by atoms with van der Waals surface area (Å²) in [5, 5.41) is 8.05. The van der Waals surface area contributed by atoms with Gasteiger partial charge in [0.25, 0.3) is 5.91 Å². The van der Waals surface area contributed by atoms with Crippen LogP contribution in [0.1, 0.15) is 47.2 Å². The quantitative estimate of drug-likeness (QED) is 0.863. The highest BCUT2D eigenvalue weighted by Crippen LogP contribution is 2.28. The number of amides is 1. The lowest BCUT2D eigenvalue weighted by Gasteiger charge is -2.23. The van der Waals surface area contributed by atoms with E-state index in [2.05, 4.69) is 31.2 Å². The molecule has 0 aliphatic heterocycles. The van der Waals surface area contributed by atoms with Crippen molar-refractivity contribution in [2.24, 2.45) is 0 Å². The van der Waals surface area contributed by atoms with Crippen LogP contribution in [-0.2, 0) is 15.7 Å². The Kier molecular flexibility index (Phi) is 5.47. The molecule has 1 aromatic carbocycles. The van der Waals surface area contributed by atoms with Crippen molar-refractivity contribution in [2.45, 2.75) is 52.5 Å². The predicted octanol–water partition coefficient (Wildman–Crippen LogP) is 4.61. The molecule has 2 aromatic rings. The van der Waals surface area contributed by atoms with E-state index in [-0.39, 0.29) is 23.5 Å². The number of carbonyl (C=O) groups excluding carboxylic acids is 1. The summed E-state index contributed by atoms with van der Waals surface area (Å²) in [7, 11) is 0. The van der Waals surface area contributed by atoms with E-state index in [0.29, 0.717) is 16.6 Å². The molecule has 0 radical (unpaired) electrons. The topological polar surface area (TPSA) is 56.1 Å². The van der Waals surface area contributed by atoms with Crippen molar-refractivity contribution in [3.05, 3.63) is 41.0 Å². The van der Waals surface area contributed by atoms with Gasteiger partial charge in [0.15, 0.2) is 6.61 Å². The summed E-state index contributed by atoms with van der Waals surface area (Å²) < 4.78 is 7.33. The Morgan fingerprint density at radius 3 is 2.40 bits per heavy atom. The van der Waals surface area contributed by atoms with Crippen LogP contribution in [0.2, 0.25) is 5.02 Å². The average molecular weight is 364 g/mol. The van der Waals surface area contributed by atoms with Crippen LogP contribution in [0.25, 0.3) is 0 Å². The lowest BCUT2D eigenvalue weighted by Crippen LogP contribution is -2.28. The summed E-state index contributed by atoms with van der Waals surface area (Å²) in [5.74, 6) is 0.884. The normalized spacial score (nSPS) is 12.1. The first-order chi connectivity index (χ1) is 11.5. The Hall–Kier alpha value is -2.01. The molecule has 0 aliphatic rings. The monoisotopic (exact) mass is 363 g/mol. The van der Waals surface area contributed by atoms with Gasteiger partial charge in [0.2, 0.25) is 0 Å². The molecule has 1 amide bonds. The van der Waals surface area contributed by atoms with Crippen LogP contribution < -0.4 is 10.1 Å². The molecule has 0 bridgehead atoms. The van der Waals surface area contributed by atoms with Crippen molar-refractivity contribution in [1.29, 1.82) is 0 Å². The minimum Gasteiger partial charge on any atom is -0.482 e. The molecule has 0 fully saturated rings. The van der Waals surface area contributed by atoms with Crippen molar-refractivity contribution in [3.63, 3.8) is 0 Å². The summed E-state index contributed by atoms with van der Waals surface area (Å²) in [6, 6.07) is 8.99. The molecule has 0 aliphatic carbocycles. The maximum atomic E-state index is 12.3. The summed E-state index contributed by atoms with van der Waals surface area (Å²) in [6.45, 7) is 12.3. The van der Waals surface area contributed by atoms with Gasteiger partial charge in [-0.05, 0) is 32.9 Å². The van der Waals surface area contributed by atoms with Crippen molar-refractivity contribution in [1.82, 2.24) is 9.78 Å². The molecule has 0 spiro atoms. The van der Waals surface area contributed by atoms with Gasteiger partial charge in [0.1, 0.15) is 11.6 Å². The molecule has 1 heterocycles. The van der Waals surface area contributed by atoms with Gasteiger partial charge in [-0.3, -0.25) is 4.79 Å². The Labute approximate surface area is 154 Å². The minimum absolute atomic E-state index is 0.107. The molecular weight excluding hydrogens is 338 g/mol. The van der Waals surface area contributed by atoms with Crippen LogP contribution in [0.15, 0.2) is 30.3 Å². The largest absolute Gasteiger partial charge is 0.482 e. The van der Waals surface area contributed by atoms with E-state index < -0.39 is 0 Å². The number of carbonyl (C=O) groups is 1. The molecule has 1 N–H and O–H groups in total. The van der Waals surface area contributed by atoms with E-state index >= 15 is 0 Å². The number of nitrogens with one attached hydrogen (secondary N) is 1. The fourth-order valence-electron chi connectivity index (χ4n) is 2.23. The van der Waals surface area contributed by atoms with Gasteiger partial charge in [0.05, 0.1) is 16.3 Å². The van der Waals surface area contributed by atoms with Crippen LogP contribution in [0.4, 0.5) is 5.82 Å². The number of hydrogen-bond acceptors (Lipinski definition) is 3. The van der Waals surface area contributed by atoms with Crippen molar-refractivity contribution >= 4 is 23.3 Å². The highest BCUT2D eigenvalue weighted by Gasteiger charge is 2.25. The molecular formula is C19H26ClN3O2. The second-order valence-corrected chi connectivity index (χ2v) is 8.42. The molecule has 25 heavy (non-hydrogen) atoms. The van der Waals surface area contributed by atoms with E-state index in [1.807, 2.05) is 43.7 Å². The van der Waals surface area contributed by atoms with Crippen LogP contribution in [-0.4, -0.2) is 22.3 Å². The van der Waals surface area contributed by atoms with E-state index in [1.165, 1.54) is 0 Å². The van der Waals surface area contributed by atoms with E-state index in [9.17, 15) is 4.79 Å². The maximum absolute atomic E-state index is 12.3. The van der Waals surface area contributed by atoms with Gasteiger partial charge >= 0.3 is 0 Å². The zero-order valence-electron chi connectivity index (χ0n) is 15.7. The van der Waals surface area contributed by atoms with E-state index in [0.717, 1.165) is 5.69 Å². The van der Waals surface area contributed by atoms with Crippen molar-refractivity contribution in [2.75, 3.05) is 11.9 Å². The molecule has 136 valence electrons. The van der Waals surface area contributed by atoms with Gasteiger partial charge in [-0.2, -0.15) is 5.10 Å². The van der Waals surface area contributed by atoms with Crippen LogP contribution in [0, 0.1) is 0 Å². The molecule has 6 heteroatoms. The number of rotatable bonds is 4. The third-order valence-electron chi connectivity index (χ3n) is 3.58. The molecule has 0 atom stereocenters. The summed E-state index contributed by atoms with van der Waals surface area (Å²) in [5.41, 5.74) is 0.560. The predicted molar refractivity (Wildman–Crippen MR) is 101 cm³/mol. The smallest absolute Gasteiger partial charge is 0.263 e. The Morgan fingerprint density at radius 2 is 1.84 bits per heavy atom. The van der Waals surface area contributed by atoms with Crippen LogP contribution in [0.3, 0.4) is 0 Å². The summed E-state index contributed by atoms with van der Waals surface area (Å²) in [4.78, 5) is 12.3. The number of anilines is 1. The Bertz CT molecular complexity index is 755. The standard InChI is InChI=1S/C19H26ClN3O2/c1-18(2,3)15-11-16(23(22-15)19(4,5)6)21-17(24)12-25-14-10-8-7-9-13(14)20/h7-11H,12H2,1-6H3,(H,21,24). The van der Waals surface area contributed by atoms with Gasteiger partial charge in [-0.1, -0.05) is 44.5 Å². The Balaban J connectivity index is 2.14. The van der Waals surface area contributed by atoms with Crippen LogP contribution >= 0.6 is 11.6 Å². The van der Waals surface area contributed by atoms with Crippen molar-refractivity contribution < 1.29 is 9.53 Å². The van der Waals surface area contributed by atoms with Gasteiger partial charge < -0.3 is 10.1 Å². The lowest BCUT2D eigenvalue weighted by molar-refractivity contribution is -0.118. The maximum Gasteiger partial charge on any atom is 0.263 e. The number of halogens is 1. The number of hydrogen-bond donors (Lipinski definition) is 1. The first-order valence-electron chi connectivity index (χ1n) is 8.26. The fraction of sp³-hybridized carbons (Fsp3) is 0.474. The number of nitrogens with zero attached hydrogens (tertiary/aromatic N) is 2. The van der Waals surface area contributed by atoms with Crippen molar-refractivity contribution in [3.8, 4) is 5.75 Å². The zero-order chi connectivity index (χ0) is 18.8. The molecule has 0 unspecified atom stereocenters. The number of benzene rings is 1. The first kappa shape index (κ1) is 19.3. The molecule has 1 aromatic heterocycles.